The molecule has 1 aromatic rings. The van der Waals surface area contributed by atoms with E-state index >= 15 is 0 Å². The number of allylic oxidation sites excluding steroid dienone is 1. The lowest BCUT2D eigenvalue weighted by Gasteiger charge is -2.35. The van der Waals surface area contributed by atoms with Gasteiger partial charge in [0.2, 0.25) is 0 Å². The lowest BCUT2D eigenvalue weighted by molar-refractivity contribution is -0.137. The Morgan fingerprint density at radius 1 is 0.970 bits per heavy atom. The van der Waals surface area contributed by atoms with Gasteiger partial charge in [0.05, 0.1) is 11.3 Å². The van der Waals surface area contributed by atoms with Gasteiger partial charge in [-0.15, -0.1) is 6.58 Å². The van der Waals surface area contributed by atoms with Crippen LogP contribution in [0.1, 0.15) is 103 Å². The first-order valence-corrected chi connectivity index (χ1v) is 13.4. The predicted molar refractivity (Wildman–Crippen MR) is 134 cm³/mol. The Kier molecular flexibility index (Phi) is 10.5. The van der Waals surface area contributed by atoms with Gasteiger partial charge < -0.3 is 4.55 Å². The van der Waals surface area contributed by atoms with E-state index in [-0.39, 0.29) is 5.41 Å². The van der Waals surface area contributed by atoms with E-state index in [1.807, 2.05) is 26.8 Å². The van der Waals surface area contributed by atoms with Crippen LogP contribution < -0.4 is 0 Å². The Labute approximate surface area is 201 Å². The quantitative estimate of drug-likeness (QED) is 0.305. The van der Waals surface area contributed by atoms with Crippen LogP contribution in [-0.4, -0.2) is 15.0 Å². The molecule has 0 N–H and O–H groups in total. The summed E-state index contributed by atoms with van der Waals surface area (Å²) in [4.78, 5) is 0. The molecule has 0 aliphatic heterocycles. The largest absolute Gasteiger partial charge is 0.591 e. The maximum Gasteiger partial charge on any atom is 0.416 e. The average molecular weight is 484 g/mol. The summed E-state index contributed by atoms with van der Waals surface area (Å²) in [5.41, 5.74) is 0.800. The number of nitrogens with zero attached hydrogens (tertiary/aromatic N) is 1. The van der Waals surface area contributed by atoms with E-state index in [1.54, 1.807) is 12.1 Å². The van der Waals surface area contributed by atoms with Crippen LogP contribution >= 0.6 is 0 Å². The number of hydrogen-bond donors (Lipinski definition) is 0. The molecule has 1 saturated carbocycles. The second-order valence-corrected chi connectivity index (χ2v) is 12.3. The highest BCUT2D eigenvalue weighted by Gasteiger charge is 2.38. The van der Waals surface area contributed by atoms with Gasteiger partial charge in [0.25, 0.3) is 0 Å². The van der Waals surface area contributed by atoms with Crippen LogP contribution in [0.25, 0.3) is 0 Å². The van der Waals surface area contributed by atoms with Crippen LogP contribution in [-0.2, 0) is 24.0 Å². The molecule has 0 spiro atoms. The SMILES string of the molecule is C=CC[C@]1(Cc2ccc(C(F)(F)F)cc2)CCCCCCCCCC/C1=N\[S+]([O-])C(C)(C)C. The van der Waals surface area contributed by atoms with E-state index in [9.17, 15) is 17.7 Å². The Morgan fingerprint density at radius 3 is 2.03 bits per heavy atom. The van der Waals surface area contributed by atoms with Gasteiger partial charge in [-0.05, 0) is 70.6 Å². The Bertz CT molecular complexity index is 767. The Hall–Kier alpha value is -1.27. The summed E-state index contributed by atoms with van der Waals surface area (Å²) in [5.74, 6) is 0. The molecule has 0 radical (unpaired) electrons. The van der Waals surface area contributed by atoms with Gasteiger partial charge in [-0.1, -0.05) is 67.6 Å². The molecule has 1 aliphatic carbocycles. The molecule has 0 bridgehead atoms. The van der Waals surface area contributed by atoms with E-state index in [2.05, 4.69) is 6.58 Å². The minimum Gasteiger partial charge on any atom is -0.591 e. The predicted octanol–water partition coefficient (Wildman–Crippen LogP) is 8.63. The van der Waals surface area contributed by atoms with Crippen molar-refractivity contribution in [3.63, 3.8) is 0 Å². The van der Waals surface area contributed by atoms with Crippen LogP contribution in [0.3, 0.4) is 0 Å². The molecule has 2 rings (SSSR count). The number of rotatable bonds is 5. The zero-order valence-electron chi connectivity index (χ0n) is 20.5. The number of hydrogen-bond acceptors (Lipinski definition) is 2. The fourth-order valence-electron chi connectivity index (χ4n) is 4.57. The summed E-state index contributed by atoms with van der Waals surface area (Å²) in [6.07, 6.45) is 9.61. The third-order valence-electron chi connectivity index (χ3n) is 6.51. The highest BCUT2D eigenvalue weighted by Crippen LogP contribution is 2.40. The molecular weight excluding hydrogens is 443 g/mol. The first kappa shape index (κ1) is 28.0. The molecule has 1 unspecified atom stereocenters. The molecule has 0 saturated heterocycles. The number of benzene rings is 1. The topological polar surface area (TPSA) is 35.4 Å². The summed E-state index contributed by atoms with van der Waals surface area (Å²) in [5, 5.41) is 0. The van der Waals surface area contributed by atoms with E-state index in [0.29, 0.717) is 12.8 Å². The van der Waals surface area contributed by atoms with Crippen molar-refractivity contribution in [1.82, 2.24) is 0 Å². The zero-order valence-corrected chi connectivity index (χ0v) is 21.3. The molecule has 0 amide bonds. The molecule has 0 aromatic heterocycles. The molecule has 33 heavy (non-hydrogen) atoms. The van der Waals surface area contributed by atoms with Crippen LogP contribution in [0.5, 0.6) is 0 Å². The molecule has 6 heteroatoms. The lowest BCUT2D eigenvalue weighted by atomic mass is 9.69. The van der Waals surface area contributed by atoms with Crippen LogP contribution in [0.15, 0.2) is 41.3 Å². The van der Waals surface area contributed by atoms with Gasteiger partial charge in [0.15, 0.2) is 0 Å². The number of halogens is 3. The molecule has 2 nitrogen and oxygen atoms in total. The van der Waals surface area contributed by atoms with E-state index < -0.39 is 27.8 Å². The van der Waals surface area contributed by atoms with E-state index in [0.717, 1.165) is 61.9 Å². The highest BCUT2D eigenvalue weighted by molar-refractivity contribution is 7.91. The van der Waals surface area contributed by atoms with E-state index in [1.165, 1.54) is 25.7 Å². The fraction of sp³-hybridized carbons (Fsp3) is 0.667. The summed E-state index contributed by atoms with van der Waals surface area (Å²) < 4.78 is 56.7. The summed E-state index contributed by atoms with van der Waals surface area (Å²) >= 11 is -1.38. The third kappa shape index (κ3) is 8.79. The molecular formula is C27H40F3NOS. The number of alkyl halides is 3. The van der Waals surface area contributed by atoms with Gasteiger partial charge in [-0.2, -0.15) is 13.2 Å². The third-order valence-corrected chi connectivity index (χ3v) is 7.94. The summed E-state index contributed by atoms with van der Waals surface area (Å²) in [6.45, 7) is 9.77. The van der Waals surface area contributed by atoms with Gasteiger partial charge in [0, 0.05) is 5.41 Å². The molecule has 186 valence electrons. The Balaban J connectivity index is 2.48. The smallest absolute Gasteiger partial charge is 0.416 e. The van der Waals surface area contributed by atoms with Gasteiger partial charge >= 0.3 is 6.18 Å². The van der Waals surface area contributed by atoms with Gasteiger partial charge in [-0.3, -0.25) is 0 Å². The maximum absolute atomic E-state index is 13.1. The first-order chi connectivity index (χ1) is 15.5. The molecule has 1 fully saturated rings. The summed E-state index contributed by atoms with van der Waals surface area (Å²) in [7, 11) is 0. The van der Waals surface area contributed by atoms with Crippen LogP contribution in [0.2, 0.25) is 0 Å². The highest BCUT2D eigenvalue weighted by atomic mass is 32.2. The van der Waals surface area contributed by atoms with E-state index in [4.69, 9.17) is 4.40 Å². The van der Waals surface area contributed by atoms with Crippen molar-refractivity contribution in [3.05, 3.63) is 48.0 Å². The van der Waals surface area contributed by atoms with Crippen LogP contribution in [0.4, 0.5) is 13.2 Å². The second-order valence-electron chi connectivity index (χ2n) is 10.4. The standard InChI is InChI=1S/C27H40F3NOS/c1-5-19-26(21-22-15-17-23(18-16-22)27(28,29)30)20-13-11-9-7-6-8-10-12-14-24(26)31-33(32)25(2,3)4/h5,15-18H,1,6-14,19-21H2,2-4H3/b31-24+/t26-,33?/m1/s1. The zero-order chi connectivity index (χ0) is 24.5. The van der Waals surface area contributed by atoms with Gasteiger partial charge in [0.1, 0.15) is 16.1 Å². The van der Waals surface area contributed by atoms with Crippen molar-refractivity contribution in [1.29, 1.82) is 0 Å². The minimum atomic E-state index is -4.35. The molecule has 2 atom stereocenters. The van der Waals surface area contributed by atoms with Crippen LogP contribution in [0, 0.1) is 5.41 Å². The van der Waals surface area contributed by atoms with Gasteiger partial charge in [-0.25, -0.2) is 0 Å². The molecule has 1 aliphatic rings. The Morgan fingerprint density at radius 2 is 1.52 bits per heavy atom. The molecule has 0 heterocycles. The fourth-order valence-corrected chi connectivity index (χ4v) is 5.33. The second kappa shape index (κ2) is 12.4. The summed E-state index contributed by atoms with van der Waals surface area (Å²) in [6, 6.07) is 5.50. The molecule has 1 aromatic carbocycles. The normalized spacial score (nSPS) is 24.0. The van der Waals surface area contributed by atoms with Crippen molar-refractivity contribution in [2.45, 2.75) is 109 Å². The van der Waals surface area contributed by atoms with Crippen molar-refractivity contribution >= 4 is 17.1 Å². The van der Waals surface area contributed by atoms with Crippen molar-refractivity contribution < 1.29 is 17.7 Å². The monoisotopic (exact) mass is 483 g/mol. The van der Waals surface area contributed by atoms with Crippen molar-refractivity contribution in [2.75, 3.05) is 0 Å². The average Bonchev–Trinajstić information content (AvgIpc) is 2.72. The maximum atomic E-state index is 13.1. The van der Waals surface area contributed by atoms with Crippen molar-refractivity contribution in [2.24, 2.45) is 9.81 Å². The minimum absolute atomic E-state index is 0.373. The lowest BCUT2D eigenvalue weighted by Crippen LogP contribution is -2.36. The van der Waals surface area contributed by atoms with Crippen molar-refractivity contribution in [3.8, 4) is 0 Å². The first-order valence-electron chi connectivity index (χ1n) is 12.2.